The fourth-order valence-electron chi connectivity index (χ4n) is 3.07. The fourth-order valence-corrected chi connectivity index (χ4v) is 7.06. The first-order valence-corrected chi connectivity index (χ1v) is 18.0. The summed E-state index contributed by atoms with van der Waals surface area (Å²) in [5.74, 6) is 0. The van der Waals surface area contributed by atoms with E-state index in [9.17, 15) is 0 Å². The van der Waals surface area contributed by atoms with E-state index < -0.39 is 14.3 Å². The SMILES string of the molecule is Cl.[CH3][Ti]([CH3])([CH3])([CH3])([CH3])[N]1CCCNCCCNCCCNCCC1. The Morgan fingerprint density at radius 2 is 0.870 bits per heavy atom. The molecular formula is C17H43ClN4Ti. The number of hydrogen-bond donors (Lipinski definition) is 3. The molecule has 0 aromatic heterocycles. The molecule has 0 aromatic carbocycles. The first-order valence-electron chi connectivity index (χ1n) is 9.48. The van der Waals surface area contributed by atoms with Crippen LogP contribution in [0.1, 0.15) is 25.7 Å². The molecule has 0 unspecified atom stereocenters. The van der Waals surface area contributed by atoms with E-state index >= 15 is 0 Å². The average Bonchev–Trinajstić information content (AvgIpc) is 2.35. The summed E-state index contributed by atoms with van der Waals surface area (Å²) in [7, 11) is 0. The summed E-state index contributed by atoms with van der Waals surface area (Å²) in [4.78, 5) is 0. The molecular weight excluding hydrogens is 344 g/mol. The van der Waals surface area contributed by atoms with Gasteiger partial charge in [-0.3, -0.25) is 0 Å². The van der Waals surface area contributed by atoms with Gasteiger partial charge in [0, 0.05) is 0 Å². The topological polar surface area (TPSA) is 39.3 Å². The fraction of sp³-hybridized carbons (Fsp3) is 1.00. The van der Waals surface area contributed by atoms with Crippen LogP contribution in [0.3, 0.4) is 0 Å². The molecule has 1 heterocycles. The van der Waals surface area contributed by atoms with E-state index in [2.05, 4.69) is 45.5 Å². The number of halogens is 1. The third kappa shape index (κ3) is 11.9. The van der Waals surface area contributed by atoms with Crippen molar-refractivity contribution in [1.29, 1.82) is 0 Å². The van der Waals surface area contributed by atoms with Gasteiger partial charge in [0.05, 0.1) is 0 Å². The van der Waals surface area contributed by atoms with Gasteiger partial charge in [0.15, 0.2) is 0 Å². The van der Waals surface area contributed by atoms with Gasteiger partial charge in [-0.25, -0.2) is 0 Å². The van der Waals surface area contributed by atoms with Gasteiger partial charge in [0.25, 0.3) is 0 Å². The summed E-state index contributed by atoms with van der Waals surface area (Å²) >= 11 is -2.92. The third-order valence-corrected chi connectivity index (χ3v) is 10.2. The van der Waals surface area contributed by atoms with Crippen LogP contribution in [0, 0.1) is 0 Å². The summed E-state index contributed by atoms with van der Waals surface area (Å²) < 4.78 is 2.86. The van der Waals surface area contributed by atoms with Crippen LogP contribution in [0.5, 0.6) is 0 Å². The van der Waals surface area contributed by atoms with Crippen LogP contribution in [0.2, 0.25) is 26.1 Å². The van der Waals surface area contributed by atoms with Crippen LogP contribution in [-0.2, 0) is 14.3 Å². The normalized spacial score (nSPS) is 24.9. The predicted octanol–water partition coefficient (Wildman–Crippen LogP) is 3.43. The molecule has 0 atom stereocenters. The first-order chi connectivity index (χ1) is 10.1. The maximum absolute atomic E-state index is 3.61. The maximum atomic E-state index is 3.61. The van der Waals surface area contributed by atoms with E-state index in [1.54, 1.807) is 0 Å². The van der Waals surface area contributed by atoms with Crippen LogP contribution in [0.15, 0.2) is 0 Å². The molecule has 1 aliphatic rings. The van der Waals surface area contributed by atoms with Gasteiger partial charge < -0.3 is 0 Å². The van der Waals surface area contributed by atoms with Crippen molar-refractivity contribution in [3.05, 3.63) is 0 Å². The molecule has 1 saturated heterocycles. The predicted molar refractivity (Wildman–Crippen MR) is 105 cm³/mol. The molecule has 1 fully saturated rings. The van der Waals surface area contributed by atoms with Gasteiger partial charge in [0.1, 0.15) is 0 Å². The Balaban J connectivity index is 0.00000484. The van der Waals surface area contributed by atoms with E-state index in [-0.39, 0.29) is 12.4 Å². The van der Waals surface area contributed by atoms with E-state index in [1.165, 1.54) is 38.8 Å². The molecule has 0 aliphatic carbocycles. The molecule has 0 bridgehead atoms. The molecule has 142 valence electrons. The molecule has 0 spiro atoms. The molecule has 1 rings (SSSR count). The zero-order valence-corrected chi connectivity index (χ0v) is 18.7. The van der Waals surface area contributed by atoms with Crippen LogP contribution in [0.4, 0.5) is 0 Å². The van der Waals surface area contributed by atoms with Crippen molar-refractivity contribution in [2.24, 2.45) is 0 Å². The van der Waals surface area contributed by atoms with Crippen LogP contribution < -0.4 is 16.0 Å². The summed E-state index contributed by atoms with van der Waals surface area (Å²) in [6.45, 7) is 9.36. The molecule has 0 amide bonds. The number of nitrogens with zero attached hydrogens (tertiary/aromatic N) is 1. The Labute approximate surface area is 150 Å². The van der Waals surface area contributed by atoms with Crippen LogP contribution in [-0.4, -0.2) is 55.7 Å². The standard InChI is InChI=1S/C12H27N4.5CH3.ClH.Ti/c1-5-13-7-2-9-15-11-4-12-16-10-3-8-14-6-1;;;;;;;/h13-15H,1-12H2;5*1H3;1H;/q-1;;;;;;;+1. The number of rotatable bonds is 1. The van der Waals surface area contributed by atoms with Gasteiger partial charge >= 0.3 is 138 Å². The van der Waals surface area contributed by atoms with Crippen LogP contribution >= 0.6 is 12.4 Å². The van der Waals surface area contributed by atoms with Crippen molar-refractivity contribution >= 4 is 12.4 Å². The van der Waals surface area contributed by atoms with E-state index in [0.29, 0.717) is 0 Å². The van der Waals surface area contributed by atoms with Gasteiger partial charge in [-0.15, -0.1) is 12.4 Å². The average molecular weight is 387 g/mol. The Kier molecular flexibility index (Phi) is 9.87. The van der Waals surface area contributed by atoms with Crippen molar-refractivity contribution in [2.45, 2.75) is 51.8 Å². The molecule has 0 radical (unpaired) electrons. The minimum absolute atomic E-state index is 0. The summed E-state index contributed by atoms with van der Waals surface area (Å²) in [6, 6.07) is 0. The number of hydrogen-bond acceptors (Lipinski definition) is 4. The second-order valence-corrected chi connectivity index (χ2v) is 30.9. The molecule has 1 aliphatic heterocycles. The molecule has 0 aromatic rings. The van der Waals surface area contributed by atoms with E-state index in [1.807, 2.05) is 0 Å². The second-order valence-electron chi connectivity index (χ2n) is 10.8. The molecule has 3 N–H and O–H groups in total. The van der Waals surface area contributed by atoms with Crippen molar-refractivity contribution in [1.82, 2.24) is 19.3 Å². The quantitative estimate of drug-likeness (QED) is 0.604. The van der Waals surface area contributed by atoms with Crippen molar-refractivity contribution in [3.63, 3.8) is 0 Å². The van der Waals surface area contributed by atoms with E-state index in [4.69, 9.17) is 0 Å². The zero-order valence-electron chi connectivity index (χ0n) is 16.3. The van der Waals surface area contributed by atoms with Gasteiger partial charge in [-0.05, 0) is 0 Å². The van der Waals surface area contributed by atoms with Gasteiger partial charge in [-0.1, -0.05) is 0 Å². The monoisotopic (exact) mass is 386 g/mol. The minimum atomic E-state index is -2.92. The van der Waals surface area contributed by atoms with Gasteiger partial charge in [0.2, 0.25) is 0 Å². The Hall–Kier alpha value is 0.844. The van der Waals surface area contributed by atoms with E-state index in [0.717, 1.165) is 39.3 Å². The molecule has 23 heavy (non-hydrogen) atoms. The molecule has 4 nitrogen and oxygen atoms in total. The van der Waals surface area contributed by atoms with Crippen molar-refractivity contribution < 1.29 is 14.3 Å². The molecule has 0 saturated carbocycles. The van der Waals surface area contributed by atoms with Crippen molar-refractivity contribution in [3.8, 4) is 0 Å². The van der Waals surface area contributed by atoms with Crippen molar-refractivity contribution in [2.75, 3.05) is 52.4 Å². The number of nitrogens with one attached hydrogen (secondary N) is 3. The van der Waals surface area contributed by atoms with Gasteiger partial charge in [-0.2, -0.15) is 0 Å². The third-order valence-electron chi connectivity index (χ3n) is 4.56. The first kappa shape index (κ1) is 23.8. The Bertz CT molecular complexity index is 299. The molecule has 6 heteroatoms. The second kappa shape index (κ2) is 9.52. The zero-order chi connectivity index (χ0) is 16.6. The van der Waals surface area contributed by atoms with Crippen LogP contribution in [0.25, 0.3) is 0 Å². The summed E-state index contributed by atoms with van der Waals surface area (Å²) in [6.07, 6.45) is 5.00. The summed E-state index contributed by atoms with van der Waals surface area (Å²) in [5.41, 5.74) is 0. The Morgan fingerprint density at radius 1 is 0.565 bits per heavy atom. The Morgan fingerprint density at radius 3 is 1.17 bits per heavy atom. The summed E-state index contributed by atoms with van der Waals surface area (Å²) in [5, 5.41) is 23.5.